The van der Waals surface area contributed by atoms with E-state index in [-0.39, 0.29) is 12.5 Å². The molecule has 2 aromatic rings. The molecule has 1 saturated heterocycles. The largest absolute Gasteiger partial charge is 0.483 e. The van der Waals surface area contributed by atoms with Crippen molar-refractivity contribution < 1.29 is 9.53 Å². The van der Waals surface area contributed by atoms with Crippen molar-refractivity contribution in [3.8, 4) is 5.75 Å². The molecule has 1 aliphatic heterocycles. The predicted octanol–water partition coefficient (Wildman–Crippen LogP) is 2.50. The van der Waals surface area contributed by atoms with E-state index in [4.69, 9.17) is 4.74 Å². The summed E-state index contributed by atoms with van der Waals surface area (Å²) in [6.45, 7) is 11.1. The van der Waals surface area contributed by atoms with Crippen molar-refractivity contribution in [3.63, 3.8) is 0 Å². The van der Waals surface area contributed by atoms with Gasteiger partial charge in [0.05, 0.1) is 0 Å². The Bertz CT molecular complexity index is 766. The van der Waals surface area contributed by atoms with E-state index >= 15 is 0 Å². The number of carbonyl (C=O) groups is 1. The van der Waals surface area contributed by atoms with Gasteiger partial charge in [-0.15, -0.1) is 10.2 Å². The van der Waals surface area contributed by atoms with Crippen molar-refractivity contribution in [1.29, 1.82) is 0 Å². The summed E-state index contributed by atoms with van der Waals surface area (Å²) in [5, 5.41) is 10.1. The summed E-state index contributed by atoms with van der Waals surface area (Å²) in [7, 11) is 0. The van der Waals surface area contributed by atoms with Crippen molar-refractivity contribution in [2.45, 2.75) is 27.7 Å². The molecule has 1 fully saturated rings. The zero-order valence-electron chi connectivity index (χ0n) is 15.2. The van der Waals surface area contributed by atoms with Crippen LogP contribution in [0.3, 0.4) is 0 Å². The van der Waals surface area contributed by atoms with Crippen molar-refractivity contribution in [2.75, 3.05) is 37.7 Å². The van der Waals surface area contributed by atoms with E-state index in [1.54, 1.807) is 11.3 Å². The van der Waals surface area contributed by atoms with Gasteiger partial charge in [-0.2, -0.15) is 0 Å². The normalized spacial score (nSPS) is 14.7. The molecule has 7 heteroatoms. The highest BCUT2D eigenvalue weighted by Gasteiger charge is 2.23. The Morgan fingerprint density at radius 2 is 1.84 bits per heavy atom. The quantitative estimate of drug-likeness (QED) is 0.838. The van der Waals surface area contributed by atoms with Gasteiger partial charge in [0.2, 0.25) is 5.13 Å². The zero-order valence-corrected chi connectivity index (χ0v) is 16.0. The number of ether oxygens (including phenoxy) is 1. The minimum absolute atomic E-state index is 0.0339. The molecule has 134 valence electrons. The summed E-state index contributed by atoms with van der Waals surface area (Å²) in [5.74, 6) is 0.834. The Labute approximate surface area is 152 Å². The number of rotatable bonds is 4. The predicted molar refractivity (Wildman–Crippen MR) is 99.6 cm³/mol. The van der Waals surface area contributed by atoms with Gasteiger partial charge in [0, 0.05) is 26.2 Å². The van der Waals surface area contributed by atoms with Gasteiger partial charge in [0.15, 0.2) is 6.61 Å². The monoisotopic (exact) mass is 360 g/mol. The van der Waals surface area contributed by atoms with Gasteiger partial charge in [-0.05, 0) is 50.5 Å². The summed E-state index contributed by atoms with van der Waals surface area (Å²) >= 11 is 1.59. The van der Waals surface area contributed by atoms with Crippen LogP contribution in [0.15, 0.2) is 12.1 Å². The SMILES string of the molecule is Cc1cc(C)c(C)c(OCC(=O)N2CCN(c3nnc(C)s3)CC2)c1. The zero-order chi connectivity index (χ0) is 18.0. The van der Waals surface area contributed by atoms with Gasteiger partial charge in [-0.1, -0.05) is 17.4 Å². The van der Waals surface area contributed by atoms with Crippen molar-refractivity contribution in [2.24, 2.45) is 0 Å². The van der Waals surface area contributed by atoms with Crippen LogP contribution in [0.2, 0.25) is 0 Å². The lowest BCUT2D eigenvalue weighted by Crippen LogP contribution is -2.50. The van der Waals surface area contributed by atoms with Gasteiger partial charge in [-0.3, -0.25) is 4.79 Å². The Balaban J connectivity index is 1.53. The maximum absolute atomic E-state index is 12.5. The topological polar surface area (TPSA) is 58.6 Å². The van der Waals surface area contributed by atoms with Crippen molar-refractivity contribution >= 4 is 22.4 Å². The van der Waals surface area contributed by atoms with Gasteiger partial charge in [-0.25, -0.2) is 0 Å². The lowest BCUT2D eigenvalue weighted by Gasteiger charge is -2.34. The molecule has 0 bridgehead atoms. The van der Waals surface area contributed by atoms with Gasteiger partial charge >= 0.3 is 0 Å². The number of piperazine rings is 1. The maximum Gasteiger partial charge on any atom is 0.260 e. The highest BCUT2D eigenvalue weighted by atomic mass is 32.1. The van der Waals surface area contributed by atoms with E-state index in [0.29, 0.717) is 13.1 Å². The third kappa shape index (κ3) is 4.10. The highest BCUT2D eigenvalue weighted by molar-refractivity contribution is 7.15. The lowest BCUT2D eigenvalue weighted by molar-refractivity contribution is -0.133. The molecule has 0 spiro atoms. The van der Waals surface area contributed by atoms with Crippen molar-refractivity contribution in [1.82, 2.24) is 15.1 Å². The summed E-state index contributed by atoms with van der Waals surface area (Å²) < 4.78 is 5.80. The molecule has 0 aliphatic carbocycles. The van der Waals surface area contributed by atoms with Crippen LogP contribution in [0.25, 0.3) is 0 Å². The molecule has 0 unspecified atom stereocenters. The molecule has 0 saturated carbocycles. The second-order valence-corrected chi connectivity index (χ2v) is 7.63. The Morgan fingerprint density at radius 3 is 2.48 bits per heavy atom. The summed E-state index contributed by atoms with van der Waals surface area (Å²) in [4.78, 5) is 16.5. The molecule has 1 aromatic heterocycles. The fraction of sp³-hybridized carbons (Fsp3) is 0.500. The average Bonchev–Trinajstić information content (AvgIpc) is 3.03. The van der Waals surface area contributed by atoms with Crippen LogP contribution in [0, 0.1) is 27.7 Å². The van der Waals surface area contributed by atoms with E-state index in [2.05, 4.69) is 28.1 Å². The Hall–Kier alpha value is -2.15. The molecule has 0 N–H and O–H groups in total. The van der Waals surface area contributed by atoms with Crippen LogP contribution in [0.4, 0.5) is 5.13 Å². The number of aromatic nitrogens is 2. The van der Waals surface area contributed by atoms with Crippen LogP contribution in [-0.4, -0.2) is 53.8 Å². The Morgan fingerprint density at radius 1 is 1.12 bits per heavy atom. The second-order valence-electron chi connectivity index (χ2n) is 6.47. The first kappa shape index (κ1) is 17.7. The minimum atomic E-state index is 0.0339. The molecule has 3 rings (SSSR count). The number of hydrogen-bond donors (Lipinski definition) is 0. The molecule has 6 nitrogen and oxygen atoms in total. The average molecular weight is 360 g/mol. The molecular formula is C18H24N4O2S. The number of amides is 1. The Kier molecular flexibility index (Phi) is 5.22. The molecule has 2 heterocycles. The fourth-order valence-corrected chi connectivity index (χ4v) is 3.68. The summed E-state index contributed by atoms with van der Waals surface area (Å²) in [6.07, 6.45) is 0. The molecule has 1 aromatic carbocycles. The van der Waals surface area contributed by atoms with E-state index in [0.717, 1.165) is 40.1 Å². The molecule has 0 atom stereocenters. The van der Waals surface area contributed by atoms with Crippen LogP contribution in [0.5, 0.6) is 5.75 Å². The van der Waals surface area contributed by atoms with Gasteiger partial charge in [0.1, 0.15) is 10.8 Å². The summed E-state index contributed by atoms with van der Waals surface area (Å²) in [6, 6.07) is 4.11. The number of aryl methyl sites for hydroxylation is 3. The van der Waals surface area contributed by atoms with Crippen LogP contribution >= 0.6 is 11.3 Å². The summed E-state index contributed by atoms with van der Waals surface area (Å²) in [5.41, 5.74) is 3.42. The first-order chi connectivity index (χ1) is 11.9. The minimum Gasteiger partial charge on any atom is -0.483 e. The molecule has 25 heavy (non-hydrogen) atoms. The maximum atomic E-state index is 12.5. The molecular weight excluding hydrogens is 336 g/mol. The second kappa shape index (κ2) is 7.39. The van der Waals surface area contributed by atoms with Gasteiger partial charge < -0.3 is 14.5 Å². The van der Waals surface area contributed by atoms with Gasteiger partial charge in [0.25, 0.3) is 5.91 Å². The molecule has 1 amide bonds. The fourth-order valence-electron chi connectivity index (χ4n) is 2.94. The van der Waals surface area contributed by atoms with E-state index in [9.17, 15) is 4.79 Å². The lowest BCUT2D eigenvalue weighted by atomic mass is 10.1. The number of carbonyl (C=O) groups excluding carboxylic acids is 1. The smallest absolute Gasteiger partial charge is 0.260 e. The van der Waals surface area contributed by atoms with E-state index < -0.39 is 0 Å². The van der Waals surface area contributed by atoms with Crippen LogP contribution in [-0.2, 0) is 4.79 Å². The first-order valence-corrected chi connectivity index (χ1v) is 9.29. The van der Waals surface area contributed by atoms with Crippen LogP contribution < -0.4 is 9.64 Å². The third-order valence-corrected chi connectivity index (χ3v) is 5.43. The molecule has 0 radical (unpaired) electrons. The van der Waals surface area contributed by atoms with E-state index in [1.165, 1.54) is 5.56 Å². The first-order valence-electron chi connectivity index (χ1n) is 8.47. The van der Waals surface area contributed by atoms with E-state index in [1.807, 2.05) is 31.7 Å². The molecule has 1 aliphatic rings. The number of benzene rings is 1. The third-order valence-electron chi connectivity index (χ3n) is 4.53. The number of nitrogens with zero attached hydrogens (tertiary/aromatic N) is 4. The highest BCUT2D eigenvalue weighted by Crippen LogP contribution is 2.24. The standard InChI is InChI=1S/C18H24N4O2S/c1-12-9-13(2)14(3)16(10-12)24-11-17(23)21-5-7-22(8-6-21)18-20-19-15(4)25-18/h9-10H,5-8,11H2,1-4H3. The number of hydrogen-bond acceptors (Lipinski definition) is 6. The van der Waals surface area contributed by atoms with Crippen molar-refractivity contribution in [3.05, 3.63) is 33.8 Å². The number of anilines is 1. The van der Waals surface area contributed by atoms with Crippen LogP contribution in [0.1, 0.15) is 21.7 Å².